The topological polar surface area (TPSA) is 58.6 Å². The number of para-hydroxylation sites is 1. The predicted molar refractivity (Wildman–Crippen MR) is 58.1 cm³/mol. The molecule has 1 aliphatic rings. The lowest BCUT2D eigenvalue weighted by Gasteiger charge is -2.12. The van der Waals surface area contributed by atoms with E-state index in [1.54, 1.807) is 4.90 Å². The number of anilines is 1. The lowest BCUT2D eigenvalue weighted by atomic mass is 10.3. The second-order valence-electron chi connectivity index (χ2n) is 3.48. The van der Waals surface area contributed by atoms with Crippen LogP contribution in [-0.2, 0) is 9.53 Å². The summed E-state index contributed by atoms with van der Waals surface area (Å²) in [5.74, 6) is 0. The maximum absolute atomic E-state index is 11.5. The van der Waals surface area contributed by atoms with Gasteiger partial charge in [-0.1, -0.05) is 18.2 Å². The van der Waals surface area contributed by atoms with Crippen molar-refractivity contribution in [2.75, 3.05) is 18.0 Å². The molecule has 0 bridgehead atoms. The Hall–Kier alpha value is -2.04. The van der Waals surface area contributed by atoms with E-state index in [1.807, 2.05) is 30.3 Å². The average molecular weight is 220 g/mol. The van der Waals surface area contributed by atoms with Crippen LogP contribution in [0.3, 0.4) is 0 Å². The molecular weight excluding hydrogens is 208 g/mol. The summed E-state index contributed by atoms with van der Waals surface area (Å²) in [7, 11) is 0. The molecule has 0 spiro atoms. The SMILES string of the molecule is O=CNC[C@H]1CN(c2ccccc2)C(=O)O1. The van der Waals surface area contributed by atoms with Gasteiger partial charge in [0, 0.05) is 5.69 Å². The highest BCUT2D eigenvalue weighted by Gasteiger charge is 2.31. The molecule has 2 amide bonds. The van der Waals surface area contributed by atoms with Gasteiger partial charge in [-0.2, -0.15) is 0 Å². The lowest BCUT2D eigenvalue weighted by Crippen LogP contribution is -2.30. The normalized spacial score (nSPS) is 19.4. The molecule has 0 radical (unpaired) electrons. The summed E-state index contributed by atoms with van der Waals surface area (Å²) >= 11 is 0. The van der Waals surface area contributed by atoms with Crippen molar-refractivity contribution in [2.24, 2.45) is 0 Å². The molecule has 1 aliphatic heterocycles. The van der Waals surface area contributed by atoms with Crippen LogP contribution in [0.5, 0.6) is 0 Å². The average Bonchev–Trinajstić information content (AvgIpc) is 2.69. The van der Waals surface area contributed by atoms with Gasteiger partial charge in [0.1, 0.15) is 6.10 Å². The molecule has 1 heterocycles. The standard InChI is InChI=1S/C11H12N2O3/c14-8-12-6-10-7-13(11(15)16-10)9-4-2-1-3-5-9/h1-5,8,10H,6-7H2,(H,12,14)/t10-/m0/s1. The van der Waals surface area contributed by atoms with Crippen molar-refractivity contribution in [3.63, 3.8) is 0 Å². The molecule has 0 aromatic heterocycles. The fourth-order valence-electron chi connectivity index (χ4n) is 1.63. The molecule has 1 fully saturated rings. The third kappa shape index (κ3) is 2.13. The van der Waals surface area contributed by atoms with Crippen molar-refractivity contribution in [3.05, 3.63) is 30.3 Å². The number of amides is 2. The molecule has 0 aliphatic carbocycles. The van der Waals surface area contributed by atoms with Crippen LogP contribution in [0.15, 0.2) is 30.3 Å². The van der Waals surface area contributed by atoms with Crippen LogP contribution in [0.2, 0.25) is 0 Å². The van der Waals surface area contributed by atoms with Gasteiger partial charge in [0.2, 0.25) is 6.41 Å². The molecule has 1 N–H and O–H groups in total. The van der Waals surface area contributed by atoms with Gasteiger partial charge in [-0.05, 0) is 12.1 Å². The van der Waals surface area contributed by atoms with Crippen molar-refractivity contribution >= 4 is 18.2 Å². The van der Waals surface area contributed by atoms with Crippen LogP contribution in [0.1, 0.15) is 0 Å². The smallest absolute Gasteiger partial charge is 0.414 e. The van der Waals surface area contributed by atoms with Crippen molar-refractivity contribution in [2.45, 2.75) is 6.10 Å². The van der Waals surface area contributed by atoms with E-state index < -0.39 is 0 Å². The van der Waals surface area contributed by atoms with Crippen LogP contribution in [-0.4, -0.2) is 31.7 Å². The number of hydrogen-bond acceptors (Lipinski definition) is 3. The van der Waals surface area contributed by atoms with E-state index in [4.69, 9.17) is 4.74 Å². The summed E-state index contributed by atoms with van der Waals surface area (Å²) in [6.07, 6.45) is -0.0549. The molecule has 1 aromatic carbocycles. The summed E-state index contributed by atoms with van der Waals surface area (Å²) in [4.78, 5) is 23.2. The van der Waals surface area contributed by atoms with Crippen molar-refractivity contribution < 1.29 is 14.3 Å². The van der Waals surface area contributed by atoms with Crippen LogP contribution < -0.4 is 10.2 Å². The predicted octanol–water partition coefficient (Wildman–Crippen LogP) is 0.758. The largest absolute Gasteiger partial charge is 0.442 e. The fraction of sp³-hybridized carbons (Fsp3) is 0.273. The van der Waals surface area contributed by atoms with Gasteiger partial charge in [0.25, 0.3) is 0 Å². The summed E-state index contributed by atoms with van der Waals surface area (Å²) in [6, 6.07) is 9.29. The maximum atomic E-state index is 11.5. The third-order valence-corrected chi connectivity index (χ3v) is 2.37. The Labute approximate surface area is 93.0 Å². The minimum absolute atomic E-state index is 0.280. The van der Waals surface area contributed by atoms with Gasteiger partial charge in [-0.15, -0.1) is 0 Å². The highest BCUT2D eigenvalue weighted by molar-refractivity contribution is 5.89. The highest BCUT2D eigenvalue weighted by atomic mass is 16.6. The zero-order chi connectivity index (χ0) is 11.4. The van der Waals surface area contributed by atoms with E-state index in [0.717, 1.165) is 5.69 Å². The number of carbonyl (C=O) groups is 2. The summed E-state index contributed by atoms with van der Waals surface area (Å²) in [5.41, 5.74) is 0.807. The number of hydrogen-bond donors (Lipinski definition) is 1. The third-order valence-electron chi connectivity index (χ3n) is 2.37. The second-order valence-corrected chi connectivity index (χ2v) is 3.48. The summed E-state index contributed by atoms with van der Waals surface area (Å²) in [6.45, 7) is 0.808. The highest BCUT2D eigenvalue weighted by Crippen LogP contribution is 2.20. The van der Waals surface area contributed by atoms with E-state index >= 15 is 0 Å². The number of nitrogens with one attached hydrogen (secondary N) is 1. The lowest BCUT2D eigenvalue weighted by molar-refractivity contribution is -0.109. The first kappa shape index (κ1) is 10.5. The van der Waals surface area contributed by atoms with Crippen molar-refractivity contribution in [3.8, 4) is 0 Å². The number of benzene rings is 1. The zero-order valence-corrected chi connectivity index (χ0v) is 8.63. The van der Waals surface area contributed by atoms with E-state index in [9.17, 15) is 9.59 Å². The van der Waals surface area contributed by atoms with Gasteiger partial charge in [-0.25, -0.2) is 4.79 Å². The molecule has 2 rings (SSSR count). The van der Waals surface area contributed by atoms with E-state index in [-0.39, 0.29) is 12.2 Å². The molecule has 5 nitrogen and oxygen atoms in total. The van der Waals surface area contributed by atoms with Crippen molar-refractivity contribution in [1.82, 2.24) is 5.32 Å². The van der Waals surface area contributed by atoms with Gasteiger partial charge < -0.3 is 10.1 Å². The summed E-state index contributed by atoms with van der Waals surface area (Å²) < 4.78 is 5.10. The first-order valence-corrected chi connectivity index (χ1v) is 5.01. The van der Waals surface area contributed by atoms with Crippen LogP contribution in [0, 0.1) is 0 Å². The Balaban J connectivity index is 2.02. The Kier molecular flexibility index (Phi) is 3.05. The minimum Gasteiger partial charge on any atom is -0.442 e. The molecule has 1 aromatic rings. The minimum atomic E-state index is -0.371. The Morgan fingerprint density at radius 1 is 1.44 bits per heavy atom. The van der Waals surface area contributed by atoms with Crippen LogP contribution in [0.4, 0.5) is 10.5 Å². The van der Waals surface area contributed by atoms with E-state index in [0.29, 0.717) is 19.5 Å². The molecule has 84 valence electrons. The quantitative estimate of drug-likeness (QED) is 0.762. The zero-order valence-electron chi connectivity index (χ0n) is 8.63. The van der Waals surface area contributed by atoms with Crippen LogP contribution in [0.25, 0.3) is 0 Å². The first-order chi connectivity index (χ1) is 7.81. The van der Waals surface area contributed by atoms with E-state index in [2.05, 4.69) is 5.32 Å². The Morgan fingerprint density at radius 3 is 2.88 bits per heavy atom. The Morgan fingerprint density at radius 2 is 2.19 bits per heavy atom. The molecule has 0 saturated carbocycles. The number of rotatable bonds is 4. The van der Waals surface area contributed by atoms with E-state index in [1.165, 1.54) is 0 Å². The van der Waals surface area contributed by atoms with Gasteiger partial charge in [-0.3, -0.25) is 9.69 Å². The first-order valence-electron chi connectivity index (χ1n) is 5.01. The second kappa shape index (κ2) is 4.65. The Bertz CT molecular complexity index is 380. The fourth-order valence-corrected chi connectivity index (χ4v) is 1.63. The monoisotopic (exact) mass is 220 g/mol. The number of cyclic esters (lactones) is 1. The van der Waals surface area contributed by atoms with Crippen LogP contribution >= 0.6 is 0 Å². The summed E-state index contributed by atoms with van der Waals surface area (Å²) in [5, 5.41) is 2.50. The molecule has 5 heteroatoms. The van der Waals surface area contributed by atoms with Gasteiger partial charge in [0.15, 0.2) is 0 Å². The molecule has 16 heavy (non-hydrogen) atoms. The maximum Gasteiger partial charge on any atom is 0.414 e. The van der Waals surface area contributed by atoms with Gasteiger partial charge in [0.05, 0.1) is 13.1 Å². The molecule has 0 unspecified atom stereocenters. The molecule has 1 atom stereocenters. The number of carbonyl (C=O) groups excluding carboxylic acids is 2. The molecule has 1 saturated heterocycles. The number of ether oxygens (including phenoxy) is 1. The van der Waals surface area contributed by atoms with Crippen molar-refractivity contribution in [1.29, 1.82) is 0 Å². The molecular formula is C11H12N2O3. The number of nitrogens with zero attached hydrogens (tertiary/aromatic N) is 1. The van der Waals surface area contributed by atoms with Gasteiger partial charge >= 0.3 is 6.09 Å².